The first-order chi connectivity index (χ1) is 8.84. The van der Waals surface area contributed by atoms with Crippen molar-refractivity contribution in [2.45, 2.75) is 51.1 Å². The van der Waals surface area contributed by atoms with Gasteiger partial charge < -0.3 is 15.8 Å². The van der Waals surface area contributed by atoms with Crippen LogP contribution >= 0.6 is 0 Å². The van der Waals surface area contributed by atoms with Crippen LogP contribution in [0.4, 0.5) is 0 Å². The van der Waals surface area contributed by atoms with Crippen molar-refractivity contribution in [1.29, 1.82) is 0 Å². The third kappa shape index (κ3) is 3.71. The molecule has 2 rings (SSSR count). The number of methoxy groups -OCH3 is 1. The highest BCUT2D eigenvalue weighted by molar-refractivity contribution is 5.39. The molecule has 0 aliphatic heterocycles. The minimum atomic E-state index is 0.0505. The summed E-state index contributed by atoms with van der Waals surface area (Å²) >= 11 is 0. The standard InChI is InChI=1S/C16H26N2O/c1-15(2,3)13-5-6-14(19-4)12(9-13)10-18-11-16(17)7-8-16/h5-6,9,18H,7-8,10-11,17H2,1-4H3. The molecule has 3 heteroatoms. The van der Waals surface area contributed by atoms with E-state index >= 15 is 0 Å². The smallest absolute Gasteiger partial charge is 0.123 e. The highest BCUT2D eigenvalue weighted by Gasteiger charge is 2.37. The van der Waals surface area contributed by atoms with Crippen LogP contribution in [-0.2, 0) is 12.0 Å². The number of nitrogens with two attached hydrogens (primary N) is 1. The van der Waals surface area contributed by atoms with E-state index in [1.54, 1.807) is 7.11 Å². The van der Waals surface area contributed by atoms with Gasteiger partial charge in [0.1, 0.15) is 5.75 Å². The summed E-state index contributed by atoms with van der Waals surface area (Å²) < 4.78 is 5.44. The van der Waals surface area contributed by atoms with Crippen LogP contribution in [0.1, 0.15) is 44.7 Å². The molecule has 1 aromatic rings. The quantitative estimate of drug-likeness (QED) is 0.857. The minimum Gasteiger partial charge on any atom is -0.496 e. The summed E-state index contributed by atoms with van der Waals surface area (Å²) in [5.74, 6) is 0.947. The van der Waals surface area contributed by atoms with Crippen LogP contribution in [0.15, 0.2) is 18.2 Å². The monoisotopic (exact) mass is 262 g/mol. The largest absolute Gasteiger partial charge is 0.496 e. The van der Waals surface area contributed by atoms with E-state index in [1.807, 2.05) is 0 Å². The number of nitrogens with one attached hydrogen (secondary N) is 1. The first kappa shape index (κ1) is 14.4. The maximum absolute atomic E-state index is 6.09. The van der Waals surface area contributed by atoms with Gasteiger partial charge in [-0.2, -0.15) is 0 Å². The Morgan fingerprint density at radius 1 is 1.32 bits per heavy atom. The van der Waals surface area contributed by atoms with E-state index in [0.29, 0.717) is 0 Å². The molecular weight excluding hydrogens is 236 g/mol. The fraction of sp³-hybridized carbons (Fsp3) is 0.625. The van der Waals surface area contributed by atoms with Gasteiger partial charge in [-0.3, -0.25) is 0 Å². The Bertz CT molecular complexity index is 445. The van der Waals surface area contributed by atoms with Crippen molar-refractivity contribution in [3.05, 3.63) is 29.3 Å². The maximum Gasteiger partial charge on any atom is 0.123 e. The van der Waals surface area contributed by atoms with Crippen LogP contribution in [0.5, 0.6) is 5.75 Å². The lowest BCUT2D eigenvalue weighted by molar-refractivity contribution is 0.406. The SMILES string of the molecule is COc1ccc(C(C)(C)C)cc1CNCC1(N)CC1. The van der Waals surface area contributed by atoms with Gasteiger partial charge in [0.15, 0.2) is 0 Å². The Morgan fingerprint density at radius 3 is 2.53 bits per heavy atom. The molecule has 0 aromatic heterocycles. The molecule has 1 saturated carbocycles. The van der Waals surface area contributed by atoms with E-state index < -0.39 is 0 Å². The molecule has 3 N–H and O–H groups in total. The van der Waals surface area contributed by atoms with Gasteiger partial charge in [-0.15, -0.1) is 0 Å². The normalized spacial score (nSPS) is 17.3. The fourth-order valence-electron chi connectivity index (χ4n) is 2.17. The molecular formula is C16H26N2O. The average Bonchev–Trinajstić information content (AvgIpc) is 3.06. The molecule has 0 amide bonds. The van der Waals surface area contributed by atoms with Crippen LogP contribution < -0.4 is 15.8 Å². The lowest BCUT2D eigenvalue weighted by atomic mass is 9.86. The fourth-order valence-corrected chi connectivity index (χ4v) is 2.17. The summed E-state index contributed by atoms with van der Waals surface area (Å²) in [6.45, 7) is 8.38. The number of hydrogen-bond donors (Lipinski definition) is 2. The van der Waals surface area contributed by atoms with Crippen LogP contribution in [0.25, 0.3) is 0 Å². The molecule has 0 unspecified atom stereocenters. The molecule has 1 aromatic carbocycles. The summed E-state index contributed by atoms with van der Waals surface area (Å²) in [5, 5.41) is 3.45. The van der Waals surface area contributed by atoms with E-state index in [1.165, 1.54) is 11.1 Å². The Labute approximate surface area is 116 Å². The van der Waals surface area contributed by atoms with Gasteiger partial charge >= 0.3 is 0 Å². The lowest BCUT2D eigenvalue weighted by Gasteiger charge is -2.21. The Hall–Kier alpha value is -1.06. The van der Waals surface area contributed by atoms with Gasteiger partial charge in [0.2, 0.25) is 0 Å². The van der Waals surface area contributed by atoms with Gasteiger partial charge in [0.05, 0.1) is 7.11 Å². The zero-order valence-electron chi connectivity index (χ0n) is 12.5. The van der Waals surface area contributed by atoms with Crippen molar-refractivity contribution in [2.24, 2.45) is 5.73 Å². The van der Waals surface area contributed by atoms with Crippen LogP contribution in [0.3, 0.4) is 0 Å². The molecule has 1 aliphatic carbocycles. The first-order valence-corrected chi connectivity index (χ1v) is 7.01. The molecule has 106 valence electrons. The summed E-state index contributed by atoms with van der Waals surface area (Å²) in [6, 6.07) is 6.45. The summed E-state index contributed by atoms with van der Waals surface area (Å²) in [6.07, 6.45) is 2.28. The lowest BCUT2D eigenvalue weighted by Crippen LogP contribution is -2.35. The topological polar surface area (TPSA) is 47.3 Å². The molecule has 0 spiro atoms. The predicted molar refractivity (Wildman–Crippen MR) is 79.6 cm³/mol. The van der Waals surface area contributed by atoms with Crippen LogP contribution in [0, 0.1) is 0 Å². The third-order valence-electron chi connectivity index (χ3n) is 3.83. The van der Waals surface area contributed by atoms with Gasteiger partial charge in [-0.1, -0.05) is 32.9 Å². The number of rotatable bonds is 5. The molecule has 19 heavy (non-hydrogen) atoms. The second-order valence-corrected chi connectivity index (χ2v) is 6.74. The van der Waals surface area contributed by atoms with Crippen molar-refractivity contribution in [3.8, 4) is 5.75 Å². The summed E-state index contributed by atoms with van der Waals surface area (Å²) in [5.41, 5.74) is 8.84. The summed E-state index contributed by atoms with van der Waals surface area (Å²) in [4.78, 5) is 0. The van der Waals surface area contributed by atoms with Crippen LogP contribution in [-0.4, -0.2) is 19.2 Å². The average molecular weight is 262 g/mol. The predicted octanol–water partition coefficient (Wildman–Crippen LogP) is 2.57. The molecule has 0 heterocycles. The molecule has 0 saturated heterocycles. The highest BCUT2D eigenvalue weighted by atomic mass is 16.5. The van der Waals surface area contributed by atoms with E-state index in [4.69, 9.17) is 10.5 Å². The second kappa shape index (κ2) is 5.14. The van der Waals surface area contributed by atoms with Crippen LogP contribution in [0.2, 0.25) is 0 Å². The second-order valence-electron chi connectivity index (χ2n) is 6.74. The van der Waals surface area contributed by atoms with Gasteiger partial charge in [-0.05, 0) is 29.9 Å². The van der Waals surface area contributed by atoms with E-state index in [9.17, 15) is 0 Å². The van der Waals surface area contributed by atoms with E-state index in [-0.39, 0.29) is 11.0 Å². The van der Waals surface area contributed by atoms with Gasteiger partial charge in [0.25, 0.3) is 0 Å². The Kier molecular flexibility index (Phi) is 3.88. The van der Waals surface area contributed by atoms with Crippen molar-refractivity contribution in [2.75, 3.05) is 13.7 Å². The van der Waals surface area contributed by atoms with Crippen molar-refractivity contribution >= 4 is 0 Å². The Morgan fingerprint density at radius 2 is 2.00 bits per heavy atom. The van der Waals surface area contributed by atoms with Crippen molar-refractivity contribution < 1.29 is 4.74 Å². The zero-order valence-corrected chi connectivity index (χ0v) is 12.5. The molecule has 3 nitrogen and oxygen atoms in total. The molecule has 0 bridgehead atoms. The first-order valence-electron chi connectivity index (χ1n) is 7.01. The Balaban J connectivity index is 2.07. The van der Waals surface area contributed by atoms with Crippen molar-refractivity contribution in [1.82, 2.24) is 5.32 Å². The molecule has 0 radical (unpaired) electrons. The number of benzene rings is 1. The molecule has 1 aliphatic rings. The maximum atomic E-state index is 6.09. The third-order valence-corrected chi connectivity index (χ3v) is 3.83. The highest BCUT2D eigenvalue weighted by Crippen LogP contribution is 2.31. The zero-order chi connectivity index (χ0) is 14.1. The number of ether oxygens (including phenoxy) is 1. The van der Waals surface area contributed by atoms with Crippen molar-refractivity contribution in [3.63, 3.8) is 0 Å². The van der Waals surface area contributed by atoms with Gasteiger partial charge in [0, 0.05) is 24.2 Å². The molecule has 0 atom stereocenters. The molecule has 1 fully saturated rings. The number of hydrogen-bond acceptors (Lipinski definition) is 3. The summed E-state index contributed by atoms with van der Waals surface area (Å²) in [7, 11) is 1.72. The van der Waals surface area contributed by atoms with E-state index in [2.05, 4.69) is 44.3 Å². The van der Waals surface area contributed by atoms with E-state index in [0.717, 1.165) is 31.7 Å². The minimum absolute atomic E-state index is 0.0505. The van der Waals surface area contributed by atoms with Gasteiger partial charge in [-0.25, -0.2) is 0 Å².